The van der Waals surface area contributed by atoms with Crippen LogP contribution in [0.2, 0.25) is 0 Å². The summed E-state index contributed by atoms with van der Waals surface area (Å²) in [4.78, 5) is 0. The summed E-state index contributed by atoms with van der Waals surface area (Å²) in [6.45, 7) is 5.95. The minimum Gasteiger partial charge on any atom is -0.412 e. The van der Waals surface area contributed by atoms with Crippen LogP contribution in [0.3, 0.4) is 0 Å². The minimum atomic E-state index is 0. The molecule has 0 amide bonds. The van der Waals surface area contributed by atoms with Crippen molar-refractivity contribution in [3.8, 4) is 6.07 Å². The summed E-state index contributed by atoms with van der Waals surface area (Å²) >= 11 is 0. The predicted molar refractivity (Wildman–Crippen MR) is 41.4 cm³/mol. The van der Waals surface area contributed by atoms with Gasteiger partial charge < -0.3 is 10.6 Å². The fourth-order valence-electron chi connectivity index (χ4n) is 0.258. The molecule has 3 nitrogen and oxygen atoms in total. The van der Waals surface area contributed by atoms with Crippen LogP contribution in [0.25, 0.3) is 0 Å². The van der Waals surface area contributed by atoms with Crippen molar-refractivity contribution in [3.63, 3.8) is 0 Å². The van der Waals surface area contributed by atoms with Gasteiger partial charge in [-0.1, -0.05) is 13.8 Å². The van der Waals surface area contributed by atoms with E-state index in [-0.39, 0.29) is 5.48 Å². The Kier molecular flexibility index (Phi) is 25.6. The molecule has 0 saturated carbocycles. The summed E-state index contributed by atoms with van der Waals surface area (Å²) in [5, 5.41) is 15.6. The van der Waals surface area contributed by atoms with Gasteiger partial charge in [0.25, 0.3) is 0 Å². The Balaban J connectivity index is -0.000000107. The fourth-order valence-corrected chi connectivity index (χ4v) is 0.258. The number of nitrogens with zero attached hydrogens (tertiary/aromatic N) is 1. The average molecular weight is 147 g/mol. The topological polar surface area (TPSA) is 75.5 Å². The molecule has 0 radical (unpaired) electrons. The first-order valence-corrected chi connectivity index (χ1v) is 3.10. The second kappa shape index (κ2) is 15.8. The number of nitriles is 1. The van der Waals surface area contributed by atoms with Gasteiger partial charge in [0, 0.05) is 13.5 Å². The zero-order valence-electron chi connectivity index (χ0n) is 6.89. The summed E-state index contributed by atoms with van der Waals surface area (Å²) in [5.41, 5.74) is 0. The lowest BCUT2D eigenvalue weighted by Crippen LogP contribution is -1.89. The van der Waals surface area contributed by atoms with Crippen LogP contribution in [0.1, 0.15) is 27.2 Å². The Morgan fingerprint density at radius 2 is 1.80 bits per heavy atom. The molecule has 0 saturated heterocycles. The molecule has 0 fully saturated rings. The second-order valence-corrected chi connectivity index (χ2v) is 2.13. The van der Waals surface area contributed by atoms with Gasteiger partial charge in [-0.15, -0.1) is 0 Å². The standard InChI is InChI=1S/C5H12O.C2H3N.H2O/c1-5(2)3-4-6;1-2-3;/h5-6H,3-4H2,1-2H3;1H3;1H2. The number of hydrogen-bond acceptors (Lipinski definition) is 2. The van der Waals surface area contributed by atoms with Gasteiger partial charge in [0.2, 0.25) is 0 Å². The maximum Gasteiger partial charge on any atom is 0.0587 e. The maximum atomic E-state index is 8.24. The zero-order chi connectivity index (χ0) is 7.70. The molecule has 0 aromatic heterocycles. The van der Waals surface area contributed by atoms with Gasteiger partial charge in [-0.05, 0) is 12.3 Å². The van der Waals surface area contributed by atoms with Crippen molar-refractivity contribution in [2.24, 2.45) is 5.92 Å². The lowest BCUT2D eigenvalue weighted by molar-refractivity contribution is 0.268. The zero-order valence-corrected chi connectivity index (χ0v) is 6.89. The lowest BCUT2D eigenvalue weighted by Gasteiger charge is -1.95. The Hall–Kier alpha value is -0.590. The van der Waals surface area contributed by atoms with Crippen LogP contribution in [-0.2, 0) is 0 Å². The van der Waals surface area contributed by atoms with E-state index in [0.29, 0.717) is 12.5 Å². The molecule has 0 aliphatic carbocycles. The summed E-state index contributed by atoms with van der Waals surface area (Å²) in [5.74, 6) is 0.648. The predicted octanol–water partition coefficient (Wildman–Crippen LogP) is 0.730. The molecule has 0 aromatic carbocycles. The van der Waals surface area contributed by atoms with E-state index in [1.807, 2.05) is 0 Å². The van der Waals surface area contributed by atoms with Gasteiger partial charge in [-0.25, -0.2) is 0 Å². The molecule has 3 heteroatoms. The fraction of sp³-hybridized carbons (Fsp3) is 0.857. The normalized spacial score (nSPS) is 6.80. The Morgan fingerprint density at radius 1 is 1.50 bits per heavy atom. The molecule has 0 aromatic rings. The number of aliphatic hydroxyl groups excluding tert-OH is 1. The third-order valence-electron chi connectivity index (χ3n) is 0.706. The van der Waals surface area contributed by atoms with E-state index in [1.165, 1.54) is 6.92 Å². The maximum absolute atomic E-state index is 8.24. The van der Waals surface area contributed by atoms with E-state index in [1.54, 1.807) is 6.07 Å². The van der Waals surface area contributed by atoms with Gasteiger partial charge in [-0.3, -0.25) is 0 Å². The molecule has 0 aliphatic heterocycles. The van der Waals surface area contributed by atoms with E-state index >= 15 is 0 Å². The van der Waals surface area contributed by atoms with Crippen LogP contribution >= 0.6 is 0 Å². The van der Waals surface area contributed by atoms with E-state index in [4.69, 9.17) is 10.4 Å². The minimum absolute atomic E-state index is 0. The average Bonchev–Trinajstić information content (AvgIpc) is 1.67. The van der Waals surface area contributed by atoms with Crippen molar-refractivity contribution in [2.75, 3.05) is 6.61 Å². The molecular formula is C7H17NO2. The first kappa shape index (κ1) is 16.2. The molecule has 3 N–H and O–H groups in total. The highest BCUT2D eigenvalue weighted by Crippen LogP contribution is 1.94. The molecule has 0 aliphatic rings. The van der Waals surface area contributed by atoms with E-state index < -0.39 is 0 Å². The Bertz CT molecular complexity index is 76.2. The van der Waals surface area contributed by atoms with E-state index in [2.05, 4.69) is 13.8 Å². The van der Waals surface area contributed by atoms with Crippen LogP contribution in [0.4, 0.5) is 0 Å². The van der Waals surface area contributed by atoms with Gasteiger partial charge in [0.05, 0.1) is 6.07 Å². The summed E-state index contributed by atoms with van der Waals surface area (Å²) in [7, 11) is 0. The van der Waals surface area contributed by atoms with Gasteiger partial charge >= 0.3 is 0 Å². The molecule has 10 heavy (non-hydrogen) atoms. The number of aliphatic hydroxyl groups is 1. The molecule has 0 rings (SSSR count). The van der Waals surface area contributed by atoms with Crippen molar-refractivity contribution >= 4 is 0 Å². The quantitative estimate of drug-likeness (QED) is 0.625. The van der Waals surface area contributed by atoms with Gasteiger partial charge in [0.1, 0.15) is 0 Å². The summed E-state index contributed by atoms with van der Waals surface area (Å²) in [6, 6.07) is 1.75. The Labute approximate surface area is 62.6 Å². The molecular weight excluding hydrogens is 130 g/mol. The first-order chi connectivity index (χ1) is 4.18. The largest absolute Gasteiger partial charge is 0.412 e. The first-order valence-electron chi connectivity index (χ1n) is 3.10. The molecule has 0 bridgehead atoms. The summed E-state index contributed by atoms with van der Waals surface area (Å²) < 4.78 is 0. The molecule has 0 unspecified atom stereocenters. The van der Waals surface area contributed by atoms with Crippen LogP contribution in [0.5, 0.6) is 0 Å². The van der Waals surface area contributed by atoms with Crippen LogP contribution in [-0.4, -0.2) is 17.2 Å². The molecule has 0 spiro atoms. The van der Waals surface area contributed by atoms with E-state index in [9.17, 15) is 0 Å². The van der Waals surface area contributed by atoms with Crippen molar-refractivity contribution in [1.82, 2.24) is 0 Å². The summed E-state index contributed by atoms with van der Waals surface area (Å²) in [6.07, 6.45) is 0.931. The van der Waals surface area contributed by atoms with Crippen molar-refractivity contribution in [1.29, 1.82) is 5.26 Å². The smallest absolute Gasteiger partial charge is 0.0587 e. The van der Waals surface area contributed by atoms with Crippen LogP contribution in [0, 0.1) is 17.2 Å². The van der Waals surface area contributed by atoms with Crippen LogP contribution in [0.15, 0.2) is 0 Å². The molecule has 0 atom stereocenters. The Morgan fingerprint density at radius 3 is 1.80 bits per heavy atom. The SMILES string of the molecule is CC#N.CC(C)CCO.O. The monoisotopic (exact) mass is 147 g/mol. The van der Waals surface area contributed by atoms with Gasteiger partial charge in [-0.2, -0.15) is 5.26 Å². The van der Waals surface area contributed by atoms with Crippen molar-refractivity contribution < 1.29 is 10.6 Å². The third-order valence-corrected chi connectivity index (χ3v) is 0.706. The number of rotatable bonds is 2. The molecule has 62 valence electrons. The lowest BCUT2D eigenvalue weighted by atomic mass is 10.2. The van der Waals surface area contributed by atoms with Crippen molar-refractivity contribution in [3.05, 3.63) is 0 Å². The second-order valence-electron chi connectivity index (χ2n) is 2.13. The third kappa shape index (κ3) is 52.4. The van der Waals surface area contributed by atoms with Gasteiger partial charge in [0.15, 0.2) is 0 Å². The molecule has 0 heterocycles. The highest BCUT2D eigenvalue weighted by atomic mass is 16.2. The highest BCUT2D eigenvalue weighted by molar-refractivity contribution is 4.51. The van der Waals surface area contributed by atoms with Crippen LogP contribution < -0.4 is 0 Å². The number of hydrogen-bond donors (Lipinski definition) is 1. The van der Waals surface area contributed by atoms with E-state index in [0.717, 1.165) is 6.42 Å². The van der Waals surface area contributed by atoms with Crippen molar-refractivity contribution in [2.45, 2.75) is 27.2 Å². The highest BCUT2D eigenvalue weighted by Gasteiger charge is 1.86.